The number of hydrogen-bond donors (Lipinski definition) is 0. The zero-order chi connectivity index (χ0) is 17.8. The van der Waals surface area contributed by atoms with Gasteiger partial charge in [0.05, 0.1) is 13.2 Å². The van der Waals surface area contributed by atoms with Crippen LogP contribution in [-0.4, -0.2) is 40.1 Å². The van der Waals surface area contributed by atoms with E-state index in [-0.39, 0.29) is 12.0 Å². The van der Waals surface area contributed by atoms with Crippen molar-refractivity contribution in [1.29, 1.82) is 0 Å². The zero-order valence-corrected chi connectivity index (χ0v) is 15.3. The van der Waals surface area contributed by atoms with E-state index in [1.165, 1.54) is 11.1 Å². The summed E-state index contributed by atoms with van der Waals surface area (Å²) < 4.78 is 8.00. The molecule has 5 heteroatoms. The van der Waals surface area contributed by atoms with Gasteiger partial charge in [-0.1, -0.05) is 38.1 Å². The van der Waals surface area contributed by atoms with Crippen molar-refractivity contribution >= 4 is 5.91 Å². The number of imidazole rings is 1. The van der Waals surface area contributed by atoms with Crippen LogP contribution in [0.5, 0.6) is 0 Å². The minimum atomic E-state index is -0.0293. The molecule has 134 valence electrons. The number of nitrogens with zero attached hydrogens (tertiary/aromatic N) is 3. The molecule has 0 unspecified atom stereocenters. The van der Waals surface area contributed by atoms with Crippen LogP contribution in [0.4, 0.5) is 0 Å². The van der Waals surface area contributed by atoms with Crippen LogP contribution in [-0.2, 0) is 16.1 Å². The maximum atomic E-state index is 12.7. The highest BCUT2D eigenvalue weighted by Gasteiger charge is 2.26. The quantitative estimate of drug-likeness (QED) is 0.838. The van der Waals surface area contributed by atoms with Crippen molar-refractivity contribution in [2.24, 2.45) is 0 Å². The largest absolute Gasteiger partial charge is 0.370 e. The van der Waals surface area contributed by atoms with E-state index in [4.69, 9.17) is 4.74 Å². The first-order valence-corrected chi connectivity index (χ1v) is 9.02. The van der Waals surface area contributed by atoms with Crippen molar-refractivity contribution in [3.05, 3.63) is 53.6 Å². The molecule has 1 fully saturated rings. The molecule has 0 aliphatic carbocycles. The molecular weight excluding hydrogens is 314 g/mol. The lowest BCUT2D eigenvalue weighted by Crippen LogP contribution is -2.42. The Balaban J connectivity index is 1.60. The Morgan fingerprint density at radius 1 is 1.36 bits per heavy atom. The number of morpholine rings is 1. The Labute approximate surface area is 149 Å². The summed E-state index contributed by atoms with van der Waals surface area (Å²) in [5.74, 6) is 1.58. The number of rotatable bonds is 5. The average Bonchev–Trinajstić information content (AvgIpc) is 3.09. The van der Waals surface area contributed by atoms with Crippen molar-refractivity contribution in [1.82, 2.24) is 14.5 Å². The first kappa shape index (κ1) is 17.7. The second-order valence-corrected chi connectivity index (χ2v) is 6.94. The van der Waals surface area contributed by atoms with Crippen molar-refractivity contribution < 1.29 is 9.53 Å². The van der Waals surface area contributed by atoms with Gasteiger partial charge >= 0.3 is 0 Å². The number of carbonyl (C=O) groups is 1. The Bertz CT molecular complexity index is 723. The molecule has 1 atom stereocenters. The molecule has 1 aromatic heterocycles. The van der Waals surface area contributed by atoms with Gasteiger partial charge in [0.2, 0.25) is 5.91 Å². The smallest absolute Gasteiger partial charge is 0.224 e. The number of aromatic nitrogens is 2. The van der Waals surface area contributed by atoms with Gasteiger partial charge in [-0.3, -0.25) is 4.79 Å². The average molecular weight is 341 g/mol. The molecule has 0 bridgehead atoms. The third-order valence-electron chi connectivity index (χ3n) is 4.79. The van der Waals surface area contributed by atoms with Crippen LogP contribution in [0.15, 0.2) is 36.7 Å². The summed E-state index contributed by atoms with van der Waals surface area (Å²) >= 11 is 0. The molecule has 1 amide bonds. The highest BCUT2D eigenvalue weighted by atomic mass is 16.5. The Hall–Kier alpha value is -2.14. The molecular formula is C20H27N3O2. The van der Waals surface area contributed by atoms with Crippen molar-refractivity contribution in [3.8, 4) is 0 Å². The fraction of sp³-hybridized carbons (Fsp3) is 0.500. The van der Waals surface area contributed by atoms with Gasteiger partial charge in [0.1, 0.15) is 11.9 Å². The summed E-state index contributed by atoms with van der Waals surface area (Å²) in [7, 11) is 0. The third-order valence-corrected chi connectivity index (χ3v) is 4.79. The molecule has 2 heterocycles. The zero-order valence-electron chi connectivity index (χ0n) is 15.3. The fourth-order valence-corrected chi connectivity index (χ4v) is 3.40. The topological polar surface area (TPSA) is 47.4 Å². The fourth-order valence-electron chi connectivity index (χ4n) is 3.40. The van der Waals surface area contributed by atoms with E-state index in [0.29, 0.717) is 38.6 Å². The number of aryl methyl sites for hydroxylation is 2. The number of carbonyl (C=O) groups excluding carboxylic acids is 1. The standard InChI is InChI=1S/C20H27N3O2/c1-15(2)20-21-9-11-22(20)10-8-19(24)23-12-13-25-18(14-23)17-7-5-4-6-16(17)3/h4-7,9,11,15,18H,8,10,12-14H2,1-3H3/t18-/m1/s1. The minimum absolute atomic E-state index is 0.0293. The summed E-state index contributed by atoms with van der Waals surface area (Å²) in [5, 5.41) is 0. The SMILES string of the molecule is Cc1ccccc1[C@H]1CN(C(=O)CCn2ccnc2C(C)C)CCO1. The maximum Gasteiger partial charge on any atom is 0.224 e. The molecule has 0 radical (unpaired) electrons. The van der Waals surface area contributed by atoms with Crippen molar-refractivity contribution in [3.63, 3.8) is 0 Å². The van der Waals surface area contributed by atoms with Gasteiger partial charge in [0.25, 0.3) is 0 Å². The van der Waals surface area contributed by atoms with Gasteiger partial charge in [-0.2, -0.15) is 0 Å². The lowest BCUT2D eigenvalue weighted by Gasteiger charge is -2.34. The second-order valence-electron chi connectivity index (χ2n) is 6.94. The summed E-state index contributed by atoms with van der Waals surface area (Å²) in [6.45, 7) is 8.90. The van der Waals surface area contributed by atoms with Crippen LogP contribution in [0.2, 0.25) is 0 Å². The molecule has 1 saturated heterocycles. The summed E-state index contributed by atoms with van der Waals surface area (Å²) in [4.78, 5) is 19.0. The van der Waals surface area contributed by atoms with Crippen molar-refractivity contribution in [2.75, 3.05) is 19.7 Å². The predicted octanol–water partition coefficient (Wildman–Crippen LogP) is 3.31. The molecule has 1 aromatic carbocycles. The van der Waals surface area contributed by atoms with E-state index < -0.39 is 0 Å². The third kappa shape index (κ3) is 4.10. The van der Waals surface area contributed by atoms with Crippen LogP contribution in [0.3, 0.4) is 0 Å². The van der Waals surface area contributed by atoms with Crippen LogP contribution in [0.25, 0.3) is 0 Å². The molecule has 5 nitrogen and oxygen atoms in total. The van der Waals surface area contributed by atoms with E-state index in [2.05, 4.69) is 42.5 Å². The predicted molar refractivity (Wildman–Crippen MR) is 97.4 cm³/mol. The first-order valence-electron chi connectivity index (χ1n) is 9.02. The maximum absolute atomic E-state index is 12.7. The summed E-state index contributed by atoms with van der Waals surface area (Å²) in [6, 6.07) is 8.24. The van der Waals surface area contributed by atoms with E-state index in [9.17, 15) is 4.79 Å². The van der Waals surface area contributed by atoms with E-state index in [1.807, 2.05) is 29.4 Å². The Morgan fingerprint density at radius 3 is 2.92 bits per heavy atom. The molecule has 2 aromatic rings. The van der Waals surface area contributed by atoms with Gasteiger partial charge in [0.15, 0.2) is 0 Å². The second kappa shape index (κ2) is 7.83. The first-order chi connectivity index (χ1) is 12.1. The monoisotopic (exact) mass is 341 g/mol. The van der Waals surface area contributed by atoms with Crippen LogP contribution in [0, 0.1) is 6.92 Å². The van der Waals surface area contributed by atoms with Crippen LogP contribution in [0.1, 0.15) is 49.2 Å². The van der Waals surface area contributed by atoms with Crippen LogP contribution >= 0.6 is 0 Å². The Kier molecular flexibility index (Phi) is 5.53. The molecule has 1 aliphatic heterocycles. The molecule has 25 heavy (non-hydrogen) atoms. The molecule has 0 saturated carbocycles. The van der Waals surface area contributed by atoms with Gasteiger partial charge in [0, 0.05) is 37.8 Å². The highest BCUT2D eigenvalue weighted by molar-refractivity contribution is 5.76. The molecule has 3 rings (SSSR count). The van der Waals surface area contributed by atoms with Crippen LogP contribution < -0.4 is 0 Å². The minimum Gasteiger partial charge on any atom is -0.370 e. The number of amides is 1. The summed E-state index contributed by atoms with van der Waals surface area (Å²) in [5.41, 5.74) is 2.39. The molecule has 1 aliphatic rings. The summed E-state index contributed by atoms with van der Waals surface area (Å²) in [6.07, 6.45) is 4.23. The normalized spacial score (nSPS) is 17.9. The van der Waals surface area contributed by atoms with Gasteiger partial charge < -0.3 is 14.2 Å². The molecule has 0 N–H and O–H groups in total. The lowest BCUT2D eigenvalue weighted by molar-refractivity contribution is -0.139. The van der Waals surface area contributed by atoms with Gasteiger partial charge in [-0.25, -0.2) is 4.98 Å². The van der Waals surface area contributed by atoms with Gasteiger partial charge in [-0.05, 0) is 18.1 Å². The van der Waals surface area contributed by atoms with Gasteiger partial charge in [-0.15, -0.1) is 0 Å². The van der Waals surface area contributed by atoms with E-state index in [1.54, 1.807) is 0 Å². The lowest BCUT2D eigenvalue weighted by atomic mass is 10.0. The number of benzene rings is 1. The number of hydrogen-bond acceptors (Lipinski definition) is 3. The molecule has 0 spiro atoms. The van der Waals surface area contributed by atoms with E-state index in [0.717, 1.165) is 5.82 Å². The highest BCUT2D eigenvalue weighted by Crippen LogP contribution is 2.25. The Morgan fingerprint density at radius 2 is 2.16 bits per heavy atom. The van der Waals surface area contributed by atoms with E-state index >= 15 is 0 Å². The number of ether oxygens (including phenoxy) is 1. The van der Waals surface area contributed by atoms with Crippen molar-refractivity contribution in [2.45, 2.75) is 45.8 Å².